The molecule has 628 valence electrons. The molecule has 0 bridgehead atoms. The molecule has 0 saturated heterocycles. The van der Waals surface area contributed by atoms with Crippen molar-refractivity contribution in [1.82, 2.24) is 43.8 Å². The van der Waals surface area contributed by atoms with Crippen LogP contribution in [0.4, 0.5) is 0 Å². The van der Waals surface area contributed by atoms with E-state index in [9.17, 15) is 9.59 Å². The Morgan fingerprint density at radius 2 is 0.523 bits per heavy atom. The van der Waals surface area contributed by atoms with Crippen LogP contribution in [0.1, 0.15) is 378 Å². The van der Waals surface area contributed by atoms with Crippen molar-refractivity contribution in [2.45, 2.75) is 377 Å². The minimum absolute atomic E-state index is 0.0444. The van der Waals surface area contributed by atoms with Crippen molar-refractivity contribution in [2.75, 3.05) is 0 Å². The van der Waals surface area contributed by atoms with Crippen LogP contribution in [0.15, 0.2) is 151 Å². The molecule has 1 aromatic carbocycles. The maximum Gasteiger partial charge on any atom is 0.347 e. The first-order valence-corrected chi connectivity index (χ1v) is 39.6. The maximum absolute atomic E-state index is 11.1. The van der Waals surface area contributed by atoms with E-state index in [4.69, 9.17) is 0 Å². The second-order valence-electron chi connectivity index (χ2n) is 46.7. The van der Waals surface area contributed by atoms with Crippen molar-refractivity contribution in [3.05, 3.63) is 201 Å². The average molecular weight is 1520 g/mol. The molecule has 7 rings (SSSR count). The van der Waals surface area contributed by atoms with Crippen molar-refractivity contribution in [2.24, 2.45) is 59.0 Å². The smallest absolute Gasteiger partial charge is 0.318 e. The molecule has 0 aliphatic rings. The molecule has 0 fully saturated rings. The van der Waals surface area contributed by atoms with Crippen molar-refractivity contribution in [3.8, 4) is 0 Å². The summed E-state index contributed by atoms with van der Waals surface area (Å²) in [5, 5.41) is 4.10. The summed E-state index contributed by atoms with van der Waals surface area (Å²) in [6, 6.07) is 22.2. The Kier molecular flexibility index (Phi) is 53.8. The predicted molar refractivity (Wildman–Crippen MR) is 488 cm³/mol. The van der Waals surface area contributed by atoms with E-state index < -0.39 is 0 Å². The molecule has 0 spiro atoms. The van der Waals surface area contributed by atoms with Gasteiger partial charge in [0.25, 0.3) is 0 Å². The monoisotopic (exact) mass is 1510 g/mol. The first-order valence-electron chi connectivity index (χ1n) is 39.6. The molecule has 109 heavy (non-hydrogen) atoms. The highest BCUT2D eigenvalue weighted by Crippen LogP contribution is 2.25. The third kappa shape index (κ3) is 95.8. The van der Waals surface area contributed by atoms with E-state index in [1.807, 2.05) is 73.4 Å². The number of rotatable bonds is 0. The van der Waals surface area contributed by atoms with Gasteiger partial charge in [0.1, 0.15) is 6.33 Å². The lowest BCUT2D eigenvalue weighted by Crippen LogP contribution is -2.23. The van der Waals surface area contributed by atoms with Crippen LogP contribution in [0.25, 0.3) is 0 Å². The van der Waals surface area contributed by atoms with Crippen LogP contribution in [0.3, 0.4) is 0 Å². The topological polar surface area (TPSA) is 126 Å². The summed E-state index contributed by atoms with van der Waals surface area (Å²) in [5.41, 5.74) is 13.4. The summed E-state index contributed by atoms with van der Waals surface area (Å²) < 4.78 is 4.95. The lowest BCUT2D eigenvalue weighted by Gasteiger charge is -2.19. The van der Waals surface area contributed by atoms with E-state index in [1.165, 1.54) is 37.9 Å². The second kappa shape index (κ2) is 50.6. The van der Waals surface area contributed by atoms with Crippen molar-refractivity contribution in [3.63, 3.8) is 0 Å². The first-order chi connectivity index (χ1) is 47.7. The lowest BCUT2D eigenvalue weighted by molar-refractivity contribution is 0.469. The Balaban J connectivity index is -0.000000208. The fourth-order valence-electron chi connectivity index (χ4n) is 6.03. The van der Waals surface area contributed by atoms with Crippen LogP contribution in [0.5, 0.6) is 0 Å². The van der Waals surface area contributed by atoms with Crippen molar-refractivity contribution >= 4 is 0 Å². The highest BCUT2D eigenvalue weighted by molar-refractivity contribution is 5.23. The van der Waals surface area contributed by atoms with E-state index in [2.05, 4.69) is 424 Å². The quantitative estimate of drug-likeness (QED) is 0.147. The Morgan fingerprint density at radius 1 is 0.239 bits per heavy atom. The van der Waals surface area contributed by atoms with Gasteiger partial charge in [-0.25, -0.2) is 19.7 Å². The highest BCUT2D eigenvalue weighted by Gasteiger charge is 2.18. The Bertz CT molecular complexity index is 3030. The first kappa shape index (κ1) is 116. The minimum atomic E-state index is -0.206. The normalized spacial score (nSPS) is 11.7. The molecule has 0 aliphatic carbocycles. The van der Waals surface area contributed by atoms with Gasteiger partial charge in [-0.3, -0.25) is 19.4 Å². The van der Waals surface area contributed by atoms with Gasteiger partial charge >= 0.3 is 5.69 Å². The molecule has 6 aromatic heterocycles. The van der Waals surface area contributed by atoms with Gasteiger partial charge in [0, 0.05) is 89.2 Å². The SMILES string of the molecule is CC(C)(C)C.CC(C)(C)C.CC(C)(C)C.CC(C)(C)C.CC(C)(C)C.CC(C)(C)C.CC(C)(C)C.CC(C)(C)c1ccccc1.CC(C)(C)c1cccnc1.CC(C)(C)c1ccncc1.CC(C)(C)c1cncnc1.Cn1cc(C(C)(C)C)ccc1=O.Cn1cc(C(C)(C)C)cn1.Cn1cc(C(C)(C)C)cnc1=O. The zero-order valence-electron chi connectivity index (χ0n) is 81.6. The van der Waals surface area contributed by atoms with Crippen LogP contribution < -0.4 is 11.2 Å². The van der Waals surface area contributed by atoms with Gasteiger partial charge < -0.3 is 9.13 Å². The molecule has 11 nitrogen and oxygen atoms in total. The maximum atomic E-state index is 11.1. The molecule has 0 N–H and O–H groups in total. The number of hydrogen-bond donors (Lipinski definition) is 0. The van der Waals surface area contributed by atoms with Crippen LogP contribution in [0, 0.1) is 37.9 Å². The zero-order chi connectivity index (χ0) is 88.4. The number of aryl methyl sites for hydroxylation is 3. The molecule has 7 aromatic rings. The third-order valence-electron chi connectivity index (χ3n) is 11.5. The molecule has 6 heterocycles. The van der Waals surface area contributed by atoms with E-state index >= 15 is 0 Å². The number of benzene rings is 1. The summed E-state index contributed by atoms with van der Waals surface area (Å²) in [6.07, 6.45) is 22.0. The Hall–Kier alpha value is -6.36. The standard InChI is InChI=1S/C10H15NO.C10H14.C9H14N2O.2C9H13N.C8H14N2.C8H12N2.7C5H12/c1-10(2,3)8-5-6-9(12)11(4)7-8;1-10(2,3)9-7-5-4-6-8-9;1-9(2,3)7-5-10-8(12)11(4)6-7;1-9(2,3)8-4-6-10-7-5-8;1-9(2,3)8-5-4-6-10-7-8;1-8(2,3)7-5-9-10(4)6-7;1-8(2,3)7-4-9-6-10-5-7;7*1-5(2,3)4/h5-7H,1-4H3;4-8H,1-3H3;5-6H,1-4H3;2*4-7H,1-3H3;5-6H,1-4H3;4-6H,1-3H3;7*1-4H3. The molecule has 0 unspecified atom stereocenters. The van der Waals surface area contributed by atoms with Gasteiger partial charge in [0.15, 0.2) is 0 Å². The van der Waals surface area contributed by atoms with Gasteiger partial charge in [0.05, 0.1) is 6.20 Å². The summed E-state index contributed by atoms with van der Waals surface area (Å²) in [5.74, 6) is 0. The second-order valence-corrected chi connectivity index (χ2v) is 46.7. The van der Waals surface area contributed by atoms with Crippen LogP contribution in [0.2, 0.25) is 0 Å². The average Bonchev–Trinajstić information content (AvgIpc) is 1.07. The zero-order valence-corrected chi connectivity index (χ0v) is 81.6. The van der Waals surface area contributed by atoms with Crippen LogP contribution in [-0.4, -0.2) is 43.8 Å². The molecule has 0 saturated carbocycles. The lowest BCUT2D eigenvalue weighted by atomic mass is 9.87. The van der Waals surface area contributed by atoms with E-state index in [0.29, 0.717) is 43.3 Å². The Morgan fingerprint density at radius 3 is 0.743 bits per heavy atom. The van der Waals surface area contributed by atoms with Crippen molar-refractivity contribution < 1.29 is 0 Å². The van der Waals surface area contributed by atoms with E-state index in [1.54, 1.807) is 43.4 Å². The minimum Gasteiger partial charge on any atom is -0.318 e. The summed E-state index contributed by atoms with van der Waals surface area (Å²) in [6.45, 7) is 107. The van der Waals surface area contributed by atoms with Gasteiger partial charge in [-0.2, -0.15) is 5.10 Å². The molecular formula is C98H179N9O2. The largest absolute Gasteiger partial charge is 0.347 e. The van der Waals surface area contributed by atoms with E-state index in [0.717, 1.165) is 5.56 Å². The number of aromatic nitrogens is 9. The molecule has 0 aliphatic heterocycles. The summed E-state index contributed by atoms with van der Waals surface area (Å²) in [4.78, 5) is 41.7. The number of nitrogens with zero attached hydrogens (tertiary/aromatic N) is 9. The van der Waals surface area contributed by atoms with E-state index in [-0.39, 0.29) is 43.7 Å². The predicted octanol–water partition coefficient (Wildman–Crippen LogP) is 28.4. The van der Waals surface area contributed by atoms with Gasteiger partial charge in [-0.15, -0.1) is 0 Å². The van der Waals surface area contributed by atoms with Gasteiger partial charge in [0.2, 0.25) is 5.56 Å². The van der Waals surface area contributed by atoms with Gasteiger partial charge in [-0.05, 0) is 133 Å². The molecule has 0 atom stereocenters. The third-order valence-corrected chi connectivity index (χ3v) is 11.5. The highest BCUT2D eigenvalue weighted by atomic mass is 16.1. The van der Waals surface area contributed by atoms with Crippen LogP contribution >= 0.6 is 0 Å². The molecule has 11 heteroatoms. The molecule has 0 radical (unpaired) electrons. The van der Waals surface area contributed by atoms with Gasteiger partial charge in [-0.1, -0.05) is 382 Å². The fourth-order valence-corrected chi connectivity index (χ4v) is 6.03. The number of hydrogen-bond acceptors (Lipinski definition) is 8. The van der Waals surface area contributed by atoms with Crippen molar-refractivity contribution in [1.29, 1.82) is 0 Å². The number of pyridine rings is 3. The summed E-state index contributed by atoms with van der Waals surface area (Å²) in [7, 11) is 5.43. The fraction of sp³-hybridized carbons (Fsp3) is 0.673. The summed E-state index contributed by atoms with van der Waals surface area (Å²) >= 11 is 0. The van der Waals surface area contributed by atoms with Crippen LogP contribution in [-0.2, 0) is 59.0 Å². The Labute approximate surface area is 677 Å². The molecular weight excluding hydrogens is 1340 g/mol. The molecule has 0 amide bonds.